The molecule has 0 fully saturated rings. The summed E-state index contributed by atoms with van der Waals surface area (Å²) in [5.41, 5.74) is 1.89. The highest BCUT2D eigenvalue weighted by Gasteiger charge is 2.17. The Kier molecular flexibility index (Phi) is 2.66. The van der Waals surface area contributed by atoms with Crippen molar-refractivity contribution in [3.63, 3.8) is 0 Å². The molecular weight excluding hydrogens is 266 g/mol. The molecule has 0 saturated heterocycles. The molecular formula is C13H14BrNO. The summed E-state index contributed by atoms with van der Waals surface area (Å²) in [6, 6.07) is 7.60. The Balaban J connectivity index is 2.91. The van der Waals surface area contributed by atoms with Gasteiger partial charge in [0.2, 0.25) is 5.56 Å². The van der Waals surface area contributed by atoms with Crippen LogP contribution >= 0.6 is 15.9 Å². The number of H-pyrrole nitrogens is 1. The van der Waals surface area contributed by atoms with Crippen LogP contribution in [0, 0.1) is 0 Å². The molecule has 1 aromatic heterocycles. The summed E-state index contributed by atoms with van der Waals surface area (Å²) in [4.78, 5) is 14.4. The predicted octanol–water partition coefficient (Wildman–Crippen LogP) is 3.59. The zero-order valence-corrected chi connectivity index (χ0v) is 11.2. The number of aromatic amines is 1. The van der Waals surface area contributed by atoms with Crippen molar-refractivity contribution in [2.75, 3.05) is 0 Å². The van der Waals surface area contributed by atoms with Gasteiger partial charge in [0.1, 0.15) is 0 Å². The van der Waals surface area contributed by atoms with Gasteiger partial charge in [0, 0.05) is 21.4 Å². The molecule has 2 aromatic rings. The van der Waals surface area contributed by atoms with Crippen molar-refractivity contribution in [3.8, 4) is 0 Å². The highest BCUT2D eigenvalue weighted by Crippen LogP contribution is 2.29. The van der Waals surface area contributed by atoms with E-state index >= 15 is 0 Å². The molecule has 0 aliphatic carbocycles. The number of rotatable bonds is 0. The second kappa shape index (κ2) is 3.74. The summed E-state index contributed by atoms with van der Waals surface area (Å²) in [6.07, 6.45) is 0. The van der Waals surface area contributed by atoms with Gasteiger partial charge < -0.3 is 4.98 Å². The normalized spacial score (nSPS) is 12.0. The zero-order valence-electron chi connectivity index (χ0n) is 9.60. The standard InChI is InChI=1S/C13H14BrNO/c1-13(2,3)10-7-12(16)15-11-5-4-8(14)6-9(10)11/h4-7H,1-3H3,(H,15,16). The van der Waals surface area contributed by atoms with Crippen LogP contribution in [0.15, 0.2) is 33.5 Å². The fourth-order valence-corrected chi connectivity index (χ4v) is 2.21. The SMILES string of the molecule is CC(C)(C)c1cc(=O)[nH]c2ccc(Br)cc12. The first-order chi connectivity index (χ1) is 7.38. The lowest BCUT2D eigenvalue weighted by Gasteiger charge is -2.20. The third-order valence-electron chi connectivity index (χ3n) is 2.61. The van der Waals surface area contributed by atoms with Crippen LogP contribution in [0.25, 0.3) is 10.9 Å². The Labute approximate surface area is 103 Å². The van der Waals surface area contributed by atoms with Crippen LogP contribution in [0.5, 0.6) is 0 Å². The van der Waals surface area contributed by atoms with Crippen molar-refractivity contribution in [2.24, 2.45) is 0 Å². The van der Waals surface area contributed by atoms with Crippen molar-refractivity contribution in [3.05, 3.63) is 44.7 Å². The highest BCUT2D eigenvalue weighted by atomic mass is 79.9. The number of aromatic nitrogens is 1. The number of pyridine rings is 1. The van der Waals surface area contributed by atoms with Crippen molar-refractivity contribution in [1.29, 1.82) is 0 Å². The van der Waals surface area contributed by atoms with Gasteiger partial charge in [0.25, 0.3) is 0 Å². The van der Waals surface area contributed by atoms with Gasteiger partial charge in [-0.2, -0.15) is 0 Å². The van der Waals surface area contributed by atoms with Crippen molar-refractivity contribution in [1.82, 2.24) is 4.98 Å². The predicted molar refractivity (Wildman–Crippen MR) is 71.0 cm³/mol. The van der Waals surface area contributed by atoms with Crippen LogP contribution in [0.3, 0.4) is 0 Å². The Morgan fingerprint density at radius 1 is 1.19 bits per heavy atom. The lowest BCUT2D eigenvalue weighted by atomic mass is 9.85. The number of halogens is 1. The highest BCUT2D eigenvalue weighted by molar-refractivity contribution is 9.10. The van der Waals surface area contributed by atoms with Crippen LogP contribution in [0.4, 0.5) is 0 Å². The first kappa shape index (κ1) is 11.4. The molecule has 0 amide bonds. The molecule has 0 atom stereocenters. The average molecular weight is 280 g/mol. The number of hydrogen-bond donors (Lipinski definition) is 1. The molecule has 0 bridgehead atoms. The van der Waals surface area contributed by atoms with E-state index in [9.17, 15) is 4.79 Å². The van der Waals surface area contributed by atoms with Gasteiger partial charge in [0.05, 0.1) is 0 Å². The van der Waals surface area contributed by atoms with E-state index in [4.69, 9.17) is 0 Å². The van der Waals surface area contributed by atoms with Crippen molar-refractivity contribution < 1.29 is 0 Å². The van der Waals surface area contributed by atoms with Crippen LogP contribution in [0.1, 0.15) is 26.3 Å². The smallest absolute Gasteiger partial charge is 0.248 e. The molecule has 3 heteroatoms. The molecule has 2 nitrogen and oxygen atoms in total. The summed E-state index contributed by atoms with van der Waals surface area (Å²) in [5, 5.41) is 1.10. The fourth-order valence-electron chi connectivity index (χ4n) is 1.85. The summed E-state index contributed by atoms with van der Waals surface area (Å²) in [5.74, 6) is 0. The number of fused-ring (bicyclic) bond motifs is 1. The van der Waals surface area contributed by atoms with E-state index in [-0.39, 0.29) is 11.0 Å². The summed E-state index contributed by atoms with van der Waals surface area (Å²) < 4.78 is 1.03. The van der Waals surface area contributed by atoms with Crippen molar-refractivity contribution in [2.45, 2.75) is 26.2 Å². The van der Waals surface area contributed by atoms with Crippen LogP contribution in [0.2, 0.25) is 0 Å². The minimum absolute atomic E-state index is 0.0344. The summed E-state index contributed by atoms with van der Waals surface area (Å²) >= 11 is 3.46. The van der Waals surface area contributed by atoms with Gasteiger partial charge in [-0.25, -0.2) is 0 Å². The van der Waals surface area contributed by atoms with E-state index in [1.165, 1.54) is 0 Å². The molecule has 1 N–H and O–H groups in total. The Morgan fingerprint density at radius 3 is 2.50 bits per heavy atom. The monoisotopic (exact) mass is 279 g/mol. The van der Waals surface area contributed by atoms with E-state index in [1.54, 1.807) is 6.07 Å². The van der Waals surface area contributed by atoms with E-state index in [0.29, 0.717) is 0 Å². The van der Waals surface area contributed by atoms with Gasteiger partial charge in [0.15, 0.2) is 0 Å². The Morgan fingerprint density at radius 2 is 1.88 bits per heavy atom. The molecule has 0 aliphatic heterocycles. The Hall–Kier alpha value is -1.09. The fraction of sp³-hybridized carbons (Fsp3) is 0.308. The molecule has 1 heterocycles. The molecule has 0 aliphatic rings. The summed E-state index contributed by atoms with van der Waals surface area (Å²) in [7, 11) is 0. The van der Waals surface area contributed by atoms with Crippen LogP contribution in [-0.2, 0) is 5.41 Å². The van der Waals surface area contributed by atoms with Gasteiger partial charge in [-0.15, -0.1) is 0 Å². The minimum Gasteiger partial charge on any atom is -0.322 e. The number of benzene rings is 1. The molecule has 0 unspecified atom stereocenters. The first-order valence-corrected chi connectivity index (χ1v) is 6.00. The van der Waals surface area contributed by atoms with Gasteiger partial charge in [-0.3, -0.25) is 4.79 Å². The van der Waals surface area contributed by atoms with Gasteiger partial charge >= 0.3 is 0 Å². The lowest BCUT2D eigenvalue weighted by Crippen LogP contribution is -2.17. The zero-order chi connectivity index (χ0) is 11.9. The Bertz CT molecular complexity index is 593. The maximum absolute atomic E-state index is 11.6. The summed E-state index contributed by atoms with van der Waals surface area (Å²) in [6.45, 7) is 6.34. The molecule has 0 radical (unpaired) electrons. The van der Waals surface area contributed by atoms with Gasteiger partial charge in [-0.05, 0) is 29.2 Å². The molecule has 1 aromatic carbocycles. The second-order valence-electron chi connectivity index (χ2n) is 4.99. The van der Waals surface area contributed by atoms with Crippen molar-refractivity contribution >= 4 is 26.8 Å². The quantitative estimate of drug-likeness (QED) is 0.786. The van der Waals surface area contributed by atoms with Crippen LogP contribution < -0.4 is 5.56 Å². The number of nitrogens with one attached hydrogen (secondary N) is 1. The average Bonchev–Trinajstić information content (AvgIpc) is 2.16. The third-order valence-corrected chi connectivity index (χ3v) is 3.11. The molecule has 0 saturated carbocycles. The van der Waals surface area contributed by atoms with E-state index in [0.717, 1.165) is 20.9 Å². The van der Waals surface area contributed by atoms with Gasteiger partial charge in [-0.1, -0.05) is 36.7 Å². The maximum atomic E-state index is 11.6. The number of hydrogen-bond acceptors (Lipinski definition) is 1. The maximum Gasteiger partial charge on any atom is 0.248 e. The molecule has 0 spiro atoms. The van der Waals surface area contributed by atoms with E-state index < -0.39 is 0 Å². The lowest BCUT2D eigenvalue weighted by molar-refractivity contribution is 0.594. The topological polar surface area (TPSA) is 32.9 Å². The molecule has 84 valence electrons. The van der Waals surface area contributed by atoms with E-state index in [1.807, 2.05) is 18.2 Å². The third kappa shape index (κ3) is 2.05. The second-order valence-corrected chi connectivity index (χ2v) is 5.90. The van der Waals surface area contributed by atoms with Crippen LogP contribution in [-0.4, -0.2) is 4.98 Å². The largest absolute Gasteiger partial charge is 0.322 e. The minimum atomic E-state index is -0.0419. The van der Waals surface area contributed by atoms with E-state index in [2.05, 4.69) is 41.7 Å². The first-order valence-electron chi connectivity index (χ1n) is 5.21. The molecule has 16 heavy (non-hydrogen) atoms. The molecule has 2 rings (SSSR count).